The number of benzene rings is 7. The number of aromatic amines is 1. The number of rotatable bonds is 2. The maximum atomic E-state index is 6.56. The number of para-hydroxylation sites is 2. The lowest BCUT2D eigenvalue weighted by molar-refractivity contribution is 0.332. The van der Waals surface area contributed by atoms with Crippen molar-refractivity contribution < 1.29 is 4.42 Å². The highest BCUT2D eigenvalue weighted by Gasteiger charge is 2.39. The van der Waals surface area contributed by atoms with E-state index in [-0.39, 0.29) is 10.8 Å². The largest absolute Gasteiger partial charge is 0.456 e. The van der Waals surface area contributed by atoms with Gasteiger partial charge in [-0.3, -0.25) is 0 Å². The number of thiophene rings is 1. The highest BCUT2D eigenvalue weighted by Crippen LogP contribution is 2.51. The Morgan fingerprint density at radius 1 is 0.625 bits per heavy atom. The van der Waals surface area contributed by atoms with Crippen LogP contribution in [0, 0.1) is 6.92 Å². The van der Waals surface area contributed by atoms with Gasteiger partial charge in [-0.05, 0) is 105 Å². The number of H-pyrrole nitrogens is 1. The van der Waals surface area contributed by atoms with Gasteiger partial charge in [-0.25, -0.2) is 0 Å². The van der Waals surface area contributed by atoms with Crippen LogP contribution < -0.4 is 15.8 Å². The fourth-order valence-corrected chi connectivity index (χ4v) is 11.3. The first kappa shape index (κ1) is 32.5. The number of nitrogens with zero attached hydrogens (tertiary/aromatic N) is 1. The fraction of sp³-hybridized carbons (Fsp3) is 0.176. The molecule has 12 rings (SSSR count). The second kappa shape index (κ2) is 11.2. The third-order valence-electron chi connectivity index (χ3n) is 13.2. The molecule has 3 aromatic heterocycles. The summed E-state index contributed by atoms with van der Waals surface area (Å²) in [6, 6.07) is 45.1. The van der Waals surface area contributed by atoms with Crippen molar-refractivity contribution in [3.63, 3.8) is 0 Å². The van der Waals surface area contributed by atoms with Gasteiger partial charge in [-0.1, -0.05) is 118 Å². The van der Waals surface area contributed by atoms with Crippen LogP contribution in [0.3, 0.4) is 0 Å². The van der Waals surface area contributed by atoms with E-state index in [1.54, 1.807) is 0 Å². The minimum atomic E-state index is 0.0699. The van der Waals surface area contributed by atoms with E-state index in [0.717, 1.165) is 27.4 Å². The Hall–Kier alpha value is -5.78. The smallest absolute Gasteiger partial charge is 0.198 e. The molecule has 0 amide bonds. The number of nitrogens with one attached hydrogen (secondary N) is 1. The lowest BCUT2D eigenvalue weighted by Crippen LogP contribution is -2.41. The van der Waals surface area contributed by atoms with E-state index < -0.39 is 0 Å². The Kier molecular flexibility index (Phi) is 6.48. The summed E-state index contributed by atoms with van der Waals surface area (Å²) in [5, 5.41) is 7.31. The Balaban J connectivity index is 1.19. The van der Waals surface area contributed by atoms with Crippen molar-refractivity contribution in [2.45, 2.75) is 58.3 Å². The molecule has 0 unspecified atom stereocenters. The third kappa shape index (κ3) is 4.41. The maximum absolute atomic E-state index is 6.56. The molecule has 1 N–H and O–H groups in total. The van der Waals surface area contributed by atoms with Crippen molar-refractivity contribution >= 4 is 111 Å². The molecule has 1 aliphatic carbocycles. The zero-order valence-electron chi connectivity index (χ0n) is 32.3. The molecule has 0 bridgehead atoms. The molecule has 5 heteroatoms. The molecule has 0 saturated carbocycles. The molecular formula is C51H40BN2OS. The zero-order valence-corrected chi connectivity index (χ0v) is 33.1. The average molecular weight is 740 g/mol. The van der Waals surface area contributed by atoms with Gasteiger partial charge in [0.1, 0.15) is 11.2 Å². The number of aryl methyl sites for hydroxylation is 1. The quantitative estimate of drug-likeness (QED) is 0.179. The molecular weight excluding hydrogens is 699 g/mol. The van der Waals surface area contributed by atoms with Gasteiger partial charge >= 0.3 is 0 Å². The first-order valence-corrected chi connectivity index (χ1v) is 20.7. The van der Waals surface area contributed by atoms with Crippen molar-refractivity contribution in [3.8, 4) is 11.1 Å². The zero-order chi connectivity index (χ0) is 37.7. The summed E-state index contributed by atoms with van der Waals surface area (Å²) >= 11 is 1.88. The second-order valence-corrected chi connectivity index (χ2v) is 18.6. The standard InChI is InChI=1S/C51H40BN2OS/c1-28-23-36-37(51(4,5)22-21-50(36,2)3)26-39(28)54-40-25-35-31-15-8-10-19-42(31)55-43(35)27-38(40)52-46-41(54)24-29-13-6-7-14-30(29)45(46)33-17-12-18-34-47(33)53-48-32-16-9-11-20-44(32)56-49(34)48/h6-20,23-27,53H,21-22H2,1-5H3. The fourth-order valence-electron chi connectivity index (χ4n) is 10.1. The van der Waals surface area contributed by atoms with Crippen molar-refractivity contribution in [1.29, 1.82) is 0 Å². The van der Waals surface area contributed by atoms with Gasteiger partial charge in [0.05, 0.1) is 15.7 Å². The van der Waals surface area contributed by atoms with Crippen LogP contribution in [0.5, 0.6) is 0 Å². The highest BCUT2D eigenvalue weighted by atomic mass is 32.1. The Morgan fingerprint density at radius 2 is 1.34 bits per heavy atom. The molecule has 0 spiro atoms. The molecule has 7 aromatic carbocycles. The Labute approximate surface area is 330 Å². The summed E-state index contributed by atoms with van der Waals surface area (Å²) in [4.78, 5) is 6.55. The molecule has 4 heterocycles. The van der Waals surface area contributed by atoms with Crippen LogP contribution in [0.15, 0.2) is 126 Å². The van der Waals surface area contributed by atoms with Gasteiger partial charge in [-0.15, -0.1) is 11.3 Å². The monoisotopic (exact) mass is 739 g/mol. The summed E-state index contributed by atoms with van der Waals surface area (Å²) in [7, 11) is 2.43. The lowest BCUT2D eigenvalue weighted by atomic mass is 9.57. The molecule has 0 fully saturated rings. The minimum Gasteiger partial charge on any atom is -0.456 e. The number of anilines is 3. The van der Waals surface area contributed by atoms with Gasteiger partial charge in [0, 0.05) is 48.9 Å². The molecule has 0 atom stereocenters. The van der Waals surface area contributed by atoms with E-state index in [1.807, 2.05) is 11.3 Å². The van der Waals surface area contributed by atoms with Gasteiger partial charge < -0.3 is 14.3 Å². The molecule has 10 aromatic rings. The Bertz CT molecular complexity index is 3320. The Morgan fingerprint density at radius 3 is 2.18 bits per heavy atom. The van der Waals surface area contributed by atoms with Crippen molar-refractivity contribution in [2.75, 3.05) is 4.90 Å². The minimum absolute atomic E-state index is 0.0699. The van der Waals surface area contributed by atoms with E-state index in [0.29, 0.717) is 0 Å². The number of hydrogen-bond donors (Lipinski definition) is 1. The molecule has 3 nitrogen and oxygen atoms in total. The number of fused-ring (bicyclic) bond motifs is 12. The van der Waals surface area contributed by atoms with Gasteiger partial charge in [0.25, 0.3) is 0 Å². The summed E-state index contributed by atoms with van der Waals surface area (Å²) < 4.78 is 9.18. The number of hydrogen-bond acceptors (Lipinski definition) is 3. The van der Waals surface area contributed by atoms with E-state index in [2.05, 4.69) is 173 Å². The molecule has 56 heavy (non-hydrogen) atoms. The second-order valence-electron chi connectivity index (χ2n) is 17.5. The molecule has 269 valence electrons. The normalized spacial score (nSPS) is 15.8. The summed E-state index contributed by atoms with van der Waals surface area (Å²) in [6.07, 6.45) is 2.36. The van der Waals surface area contributed by atoms with E-state index in [1.165, 1.54) is 105 Å². The van der Waals surface area contributed by atoms with Crippen molar-refractivity contribution in [3.05, 3.63) is 138 Å². The van der Waals surface area contributed by atoms with Crippen LogP contribution in [0.1, 0.15) is 57.2 Å². The summed E-state index contributed by atoms with van der Waals surface area (Å²) in [5.41, 5.74) is 17.1. The van der Waals surface area contributed by atoms with Crippen molar-refractivity contribution in [2.24, 2.45) is 0 Å². The van der Waals surface area contributed by atoms with Crippen LogP contribution in [-0.4, -0.2) is 12.3 Å². The first-order chi connectivity index (χ1) is 27.1. The van der Waals surface area contributed by atoms with E-state index in [4.69, 9.17) is 4.42 Å². The number of furan rings is 1. The molecule has 0 saturated heterocycles. The van der Waals surface area contributed by atoms with Crippen LogP contribution in [-0.2, 0) is 10.8 Å². The molecule has 1 aliphatic heterocycles. The van der Waals surface area contributed by atoms with Crippen LogP contribution in [0.25, 0.3) is 75.0 Å². The topological polar surface area (TPSA) is 32.2 Å². The predicted octanol–water partition coefficient (Wildman–Crippen LogP) is 13.4. The third-order valence-corrected chi connectivity index (χ3v) is 14.4. The molecule has 1 radical (unpaired) electrons. The average Bonchev–Trinajstić information content (AvgIpc) is 3.87. The van der Waals surface area contributed by atoms with Crippen LogP contribution >= 0.6 is 11.3 Å². The van der Waals surface area contributed by atoms with Gasteiger partial charge in [0.15, 0.2) is 7.28 Å². The first-order valence-electron chi connectivity index (χ1n) is 19.9. The summed E-state index contributed by atoms with van der Waals surface area (Å²) in [6.45, 7) is 12.0. The van der Waals surface area contributed by atoms with E-state index >= 15 is 0 Å². The summed E-state index contributed by atoms with van der Waals surface area (Å²) in [5.74, 6) is 0. The highest BCUT2D eigenvalue weighted by molar-refractivity contribution is 7.26. The van der Waals surface area contributed by atoms with Gasteiger partial charge in [0.2, 0.25) is 0 Å². The van der Waals surface area contributed by atoms with E-state index in [9.17, 15) is 0 Å². The SMILES string of the molecule is Cc1cc2c(cc1N1c3cc4c(cc3[B]c3c1cc1ccccc1c3-c1cccc3c1[nH]c1c5ccccc5sc31)oc1ccccc14)C(C)(C)CCC2(C)C. The van der Waals surface area contributed by atoms with Crippen molar-refractivity contribution in [1.82, 2.24) is 4.98 Å². The lowest BCUT2D eigenvalue weighted by Gasteiger charge is -2.44. The molecule has 2 aliphatic rings. The predicted molar refractivity (Wildman–Crippen MR) is 241 cm³/mol. The number of aromatic nitrogens is 1. The van der Waals surface area contributed by atoms with Gasteiger partial charge in [-0.2, -0.15) is 0 Å². The van der Waals surface area contributed by atoms with Crippen LogP contribution in [0.2, 0.25) is 0 Å². The van der Waals surface area contributed by atoms with Crippen LogP contribution in [0.4, 0.5) is 17.1 Å². The maximum Gasteiger partial charge on any atom is 0.198 e.